The van der Waals surface area contributed by atoms with Crippen LogP contribution in [-0.4, -0.2) is 22.9 Å². The van der Waals surface area contributed by atoms with E-state index < -0.39 is 6.09 Å². The van der Waals surface area contributed by atoms with Crippen molar-refractivity contribution < 1.29 is 9.53 Å². The summed E-state index contributed by atoms with van der Waals surface area (Å²) in [7, 11) is 0. The first-order valence-corrected chi connectivity index (χ1v) is 4.44. The summed E-state index contributed by atoms with van der Waals surface area (Å²) in [4.78, 5) is 10.8. The molecule has 0 aliphatic rings. The first-order chi connectivity index (χ1) is 5.72. The van der Waals surface area contributed by atoms with Crippen LogP contribution < -0.4 is 5.32 Å². The second-order valence-corrected chi connectivity index (χ2v) is 3.43. The molecule has 1 heterocycles. The van der Waals surface area contributed by atoms with E-state index in [-0.39, 0.29) is 0 Å². The maximum absolute atomic E-state index is 10.8. The maximum Gasteiger partial charge on any atom is 0.413 e. The van der Waals surface area contributed by atoms with Crippen LogP contribution in [0.25, 0.3) is 0 Å². The van der Waals surface area contributed by atoms with Gasteiger partial charge in [0.05, 0.1) is 6.61 Å². The Bertz CT molecular complexity index is 318. The van der Waals surface area contributed by atoms with Gasteiger partial charge in [0.1, 0.15) is 0 Å². The number of nitrogens with zero attached hydrogens (tertiary/aromatic N) is 1. The van der Waals surface area contributed by atoms with E-state index in [4.69, 9.17) is 12.2 Å². The number of hydrogen-bond acceptors (Lipinski definition) is 5. The first kappa shape index (κ1) is 9.14. The smallest absolute Gasteiger partial charge is 0.413 e. The number of aromatic amines is 1. The number of nitrogens with one attached hydrogen (secondary N) is 2. The van der Waals surface area contributed by atoms with Crippen LogP contribution in [0, 0.1) is 3.95 Å². The summed E-state index contributed by atoms with van der Waals surface area (Å²) in [6.45, 7) is 2.06. The van der Waals surface area contributed by atoms with Crippen molar-refractivity contribution in [1.29, 1.82) is 0 Å². The molecule has 0 saturated heterocycles. The van der Waals surface area contributed by atoms with Gasteiger partial charge in [-0.3, -0.25) is 10.4 Å². The van der Waals surface area contributed by atoms with Gasteiger partial charge in [0, 0.05) is 0 Å². The minimum atomic E-state index is -0.518. The first-order valence-electron chi connectivity index (χ1n) is 3.21. The molecule has 1 aromatic rings. The van der Waals surface area contributed by atoms with Gasteiger partial charge >= 0.3 is 6.09 Å². The summed E-state index contributed by atoms with van der Waals surface area (Å²) in [6.07, 6.45) is -0.518. The quantitative estimate of drug-likeness (QED) is 0.722. The molecule has 66 valence electrons. The Morgan fingerprint density at radius 2 is 2.67 bits per heavy atom. The van der Waals surface area contributed by atoms with E-state index in [1.807, 2.05) is 0 Å². The molecule has 1 amide bonds. The lowest BCUT2D eigenvalue weighted by Gasteiger charge is -1.99. The molecule has 0 saturated carbocycles. The van der Waals surface area contributed by atoms with Crippen LogP contribution in [-0.2, 0) is 4.74 Å². The summed E-state index contributed by atoms with van der Waals surface area (Å²) in [6, 6.07) is 0. The number of carbonyl (C=O) groups is 1. The number of hydrogen-bond donors (Lipinski definition) is 2. The summed E-state index contributed by atoms with van der Waals surface area (Å²) < 4.78 is 5.14. The summed E-state index contributed by atoms with van der Waals surface area (Å²) in [5.74, 6) is 0. The molecule has 0 bridgehead atoms. The summed E-state index contributed by atoms with van der Waals surface area (Å²) in [5, 5.41) is 9.07. The van der Waals surface area contributed by atoms with Gasteiger partial charge in [-0.1, -0.05) is 11.3 Å². The lowest BCUT2D eigenvalue weighted by Crippen LogP contribution is -2.12. The third-order valence-electron chi connectivity index (χ3n) is 0.923. The van der Waals surface area contributed by atoms with Gasteiger partial charge in [-0.2, -0.15) is 0 Å². The Hall–Kier alpha value is -0.950. The molecular formula is C5H7N3O2S2. The molecule has 0 aliphatic carbocycles. The van der Waals surface area contributed by atoms with E-state index in [9.17, 15) is 4.79 Å². The van der Waals surface area contributed by atoms with Crippen molar-refractivity contribution in [2.75, 3.05) is 11.9 Å². The van der Waals surface area contributed by atoms with Crippen LogP contribution in [0.5, 0.6) is 0 Å². The highest BCUT2D eigenvalue weighted by molar-refractivity contribution is 7.73. The van der Waals surface area contributed by atoms with Gasteiger partial charge in [-0.25, -0.2) is 4.79 Å². The molecule has 12 heavy (non-hydrogen) atoms. The lowest BCUT2D eigenvalue weighted by atomic mass is 10.9. The number of anilines is 1. The van der Waals surface area contributed by atoms with E-state index in [1.165, 1.54) is 11.3 Å². The molecule has 0 aromatic carbocycles. The lowest BCUT2D eigenvalue weighted by molar-refractivity contribution is 0.168. The van der Waals surface area contributed by atoms with Crippen molar-refractivity contribution in [2.24, 2.45) is 0 Å². The Kier molecular flexibility index (Phi) is 3.18. The monoisotopic (exact) mass is 205 g/mol. The number of ether oxygens (including phenoxy) is 1. The van der Waals surface area contributed by atoms with Crippen LogP contribution in [0.2, 0.25) is 0 Å². The third kappa shape index (κ3) is 2.59. The molecule has 1 rings (SSSR count). The van der Waals surface area contributed by atoms with Gasteiger partial charge < -0.3 is 4.74 Å². The normalized spacial score (nSPS) is 9.42. The molecule has 1 aromatic heterocycles. The zero-order chi connectivity index (χ0) is 8.97. The third-order valence-corrected chi connectivity index (χ3v) is 1.93. The highest BCUT2D eigenvalue weighted by Gasteiger charge is 2.03. The molecule has 0 atom stereocenters. The van der Waals surface area contributed by atoms with Gasteiger partial charge in [0.25, 0.3) is 0 Å². The predicted octanol–water partition coefficient (Wildman–Crippen LogP) is 1.77. The van der Waals surface area contributed by atoms with Crippen LogP contribution in [0.3, 0.4) is 0 Å². The molecule has 7 heteroatoms. The second kappa shape index (κ2) is 4.17. The fourth-order valence-electron chi connectivity index (χ4n) is 0.538. The molecule has 0 fully saturated rings. The fourth-order valence-corrected chi connectivity index (χ4v) is 1.31. The Balaban J connectivity index is 2.52. The Morgan fingerprint density at radius 3 is 3.17 bits per heavy atom. The fraction of sp³-hybridized carbons (Fsp3) is 0.400. The maximum atomic E-state index is 10.8. The van der Waals surface area contributed by atoms with Crippen molar-refractivity contribution in [1.82, 2.24) is 10.2 Å². The van der Waals surface area contributed by atoms with Crippen LogP contribution in [0.15, 0.2) is 0 Å². The van der Waals surface area contributed by atoms with Crippen molar-refractivity contribution in [3.8, 4) is 0 Å². The Labute approximate surface area is 77.8 Å². The summed E-state index contributed by atoms with van der Waals surface area (Å²) in [5.41, 5.74) is 0. The van der Waals surface area contributed by atoms with Gasteiger partial charge in [0.2, 0.25) is 5.13 Å². The van der Waals surface area contributed by atoms with E-state index in [2.05, 4.69) is 20.3 Å². The second-order valence-electron chi connectivity index (χ2n) is 1.76. The molecular weight excluding hydrogens is 198 g/mol. The SMILES string of the molecule is CCOC(=O)Nc1n[nH]c(=S)s1. The highest BCUT2D eigenvalue weighted by atomic mass is 32.1. The molecule has 0 radical (unpaired) electrons. The van der Waals surface area contributed by atoms with E-state index in [1.54, 1.807) is 6.92 Å². The van der Waals surface area contributed by atoms with Gasteiger partial charge in [-0.05, 0) is 19.1 Å². The zero-order valence-corrected chi connectivity index (χ0v) is 7.92. The van der Waals surface area contributed by atoms with Gasteiger partial charge in [-0.15, -0.1) is 5.10 Å². The standard InChI is InChI=1S/C5H7N3O2S2/c1-2-10-4(9)6-3-7-8-5(11)12-3/h2H2,1H3,(H,8,11)(H,6,7,9). The van der Waals surface area contributed by atoms with Gasteiger partial charge in [0.15, 0.2) is 3.95 Å². The number of H-pyrrole nitrogens is 1. The highest BCUT2D eigenvalue weighted by Crippen LogP contribution is 2.10. The van der Waals surface area contributed by atoms with Crippen molar-refractivity contribution in [3.63, 3.8) is 0 Å². The zero-order valence-electron chi connectivity index (χ0n) is 6.29. The summed E-state index contributed by atoms with van der Waals surface area (Å²) >= 11 is 5.94. The van der Waals surface area contributed by atoms with Crippen LogP contribution >= 0.6 is 23.6 Å². The van der Waals surface area contributed by atoms with Crippen molar-refractivity contribution in [2.45, 2.75) is 6.92 Å². The molecule has 0 spiro atoms. The molecule has 0 aliphatic heterocycles. The minimum absolute atomic E-state index is 0.335. The van der Waals surface area contributed by atoms with Crippen LogP contribution in [0.4, 0.5) is 9.93 Å². The topological polar surface area (TPSA) is 67.0 Å². The molecule has 0 unspecified atom stereocenters. The van der Waals surface area contributed by atoms with Crippen LogP contribution in [0.1, 0.15) is 6.92 Å². The molecule has 2 N–H and O–H groups in total. The largest absolute Gasteiger partial charge is 0.450 e. The minimum Gasteiger partial charge on any atom is -0.450 e. The van der Waals surface area contributed by atoms with E-state index >= 15 is 0 Å². The predicted molar refractivity (Wildman–Crippen MR) is 47.9 cm³/mol. The van der Waals surface area contributed by atoms with E-state index in [0.29, 0.717) is 15.7 Å². The number of carbonyl (C=O) groups excluding carboxylic acids is 1. The number of amides is 1. The number of aromatic nitrogens is 2. The Morgan fingerprint density at radius 1 is 1.92 bits per heavy atom. The number of rotatable bonds is 2. The average Bonchev–Trinajstić information content (AvgIpc) is 2.36. The average molecular weight is 205 g/mol. The van der Waals surface area contributed by atoms with Crippen molar-refractivity contribution >= 4 is 34.8 Å². The van der Waals surface area contributed by atoms with Crippen molar-refractivity contribution in [3.05, 3.63) is 3.95 Å². The molecule has 5 nitrogen and oxygen atoms in total. The van der Waals surface area contributed by atoms with E-state index in [0.717, 1.165) is 0 Å².